The molecule has 0 aliphatic carbocycles. The lowest BCUT2D eigenvalue weighted by Gasteiger charge is -2.38. The second-order valence-electron chi connectivity index (χ2n) is 7.32. The molecule has 1 heterocycles. The van der Waals surface area contributed by atoms with Crippen LogP contribution in [-0.4, -0.2) is 61.0 Å². The summed E-state index contributed by atoms with van der Waals surface area (Å²) in [5, 5.41) is 9.38. The summed E-state index contributed by atoms with van der Waals surface area (Å²) in [7, 11) is -3.85. The highest BCUT2D eigenvalue weighted by atomic mass is 35.5. The van der Waals surface area contributed by atoms with Gasteiger partial charge in [0.25, 0.3) is 0 Å². The van der Waals surface area contributed by atoms with E-state index in [0.717, 1.165) is 11.1 Å². The summed E-state index contributed by atoms with van der Waals surface area (Å²) in [5.41, 5.74) is 1.53. The first-order valence-electron chi connectivity index (χ1n) is 9.80. The van der Waals surface area contributed by atoms with Crippen molar-refractivity contribution in [3.05, 3.63) is 64.7 Å². The lowest BCUT2D eigenvalue weighted by molar-refractivity contribution is -0.139. The number of carboxylic acids is 1. The molecule has 0 radical (unpaired) electrons. The molecule has 0 aromatic heterocycles. The van der Waals surface area contributed by atoms with Crippen LogP contribution in [0.3, 0.4) is 0 Å². The predicted molar refractivity (Wildman–Crippen MR) is 116 cm³/mol. The Labute approximate surface area is 187 Å². The maximum Gasteiger partial charge on any atom is 0.341 e. The Hall–Kier alpha value is -2.17. The van der Waals surface area contributed by atoms with Gasteiger partial charge in [0, 0.05) is 42.8 Å². The summed E-state index contributed by atoms with van der Waals surface area (Å²) < 4.78 is 37.2. The number of carboxylic acid groups (broad SMARTS) is 1. The van der Waals surface area contributed by atoms with Crippen LogP contribution < -0.4 is 4.74 Å². The van der Waals surface area contributed by atoms with E-state index in [1.165, 1.54) is 4.31 Å². The highest BCUT2D eigenvalue weighted by molar-refractivity contribution is 7.84. The number of nitrogens with zero attached hydrogens (tertiary/aromatic N) is 2. The zero-order valence-electron chi connectivity index (χ0n) is 17.1. The standard InChI is InChI=1S/C21H25ClN2O6S/c1-16-12-24(31(27,28)30-14-17-5-3-2-4-6-17)10-9-23(16)13-18-11-19(22)7-8-20(18)29-15-21(25)26/h2-8,11,16H,9-10,12-15H2,1H3,(H,25,26). The molecule has 31 heavy (non-hydrogen) atoms. The van der Waals surface area contributed by atoms with E-state index in [-0.39, 0.29) is 25.7 Å². The molecule has 1 fully saturated rings. The van der Waals surface area contributed by atoms with E-state index < -0.39 is 22.9 Å². The zero-order valence-corrected chi connectivity index (χ0v) is 18.7. The summed E-state index contributed by atoms with van der Waals surface area (Å²) in [6.45, 7) is 2.98. The number of hydrogen-bond acceptors (Lipinski definition) is 6. The Morgan fingerprint density at radius 3 is 2.61 bits per heavy atom. The molecule has 0 amide bonds. The Morgan fingerprint density at radius 2 is 1.94 bits per heavy atom. The lowest BCUT2D eigenvalue weighted by Crippen LogP contribution is -2.53. The molecule has 10 heteroatoms. The Bertz CT molecular complexity index is 1000. The number of halogens is 1. The molecule has 8 nitrogen and oxygen atoms in total. The van der Waals surface area contributed by atoms with Crippen LogP contribution in [-0.2, 0) is 32.4 Å². The number of piperazine rings is 1. The number of aliphatic carboxylic acids is 1. The van der Waals surface area contributed by atoms with Crippen LogP contribution in [0.5, 0.6) is 5.75 Å². The first-order valence-corrected chi connectivity index (χ1v) is 11.5. The fourth-order valence-corrected chi connectivity index (χ4v) is 4.69. The van der Waals surface area contributed by atoms with Crippen molar-refractivity contribution in [1.82, 2.24) is 9.21 Å². The van der Waals surface area contributed by atoms with Gasteiger partial charge in [-0.1, -0.05) is 41.9 Å². The zero-order chi connectivity index (χ0) is 22.4. The monoisotopic (exact) mass is 468 g/mol. The molecule has 1 N–H and O–H groups in total. The number of rotatable bonds is 9. The van der Waals surface area contributed by atoms with E-state index in [2.05, 4.69) is 4.90 Å². The SMILES string of the molecule is CC1CN(S(=O)(=O)OCc2ccccc2)CCN1Cc1cc(Cl)ccc1OCC(=O)O. The molecule has 168 valence electrons. The van der Waals surface area contributed by atoms with Gasteiger partial charge in [-0.3, -0.25) is 9.08 Å². The van der Waals surface area contributed by atoms with Crippen molar-refractivity contribution in [3.8, 4) is 5.75 Å². The first kappa shape index (κ1) is 23.5. The summed E-state index contributed by atoms with van der Waals surface area (Å²) in [6.07, 6.45) is 0. The van der Waals surface area contributed by atoms with Crippen molar-refractivity contribution >= 4 is 27.9 Å². The quantitative estimate of drug-likeness (QED) is 0.604. The maximum absolute atomic E-state index is 12.6. The molecule has 1 saturated heterocycles. The molecule has 1 aliphatic heterocycles. The molecule has 1 atom stereocenters. The van der Waals surface area contributed by atoms with E-state index in [0.29, 0.717) is 23.9 Å². The number of ether oxygens (including phenoxy) is 1. The third kappa shape index (κ3) is 6.65. The average Bonchev–Trinajstić information content (AvgIpc) is 2.74. The second-order valence-corrected chi connectivity index (χ2v) is 9.36. The van der Waals surface area contributed by atoms with Gasteiger partial charge in [0.2, 0.25) is 0 Å². The fourth-order valence-electron chi connectivity index (χ4n) is 3.36. The van der Waals surface area contributed by atoms with Gasteiger partial charge in [-0.15, -0.1) is 0 Å². The number of hydrogen-bond donors (Lipinski definition) is 1. The largest absolute Gasteiger partial charge is 0.482 e. The molecule has 3 rings (SSSR count). The van der Waals surface area contributed by atoms with Gasteiger partial charge in [0.15, 0.2) is 6.61 Å². The molecule has 0 saturated carbocycles. The highest BCUT2D eigenvalue weighted by Crippen LogP contribution is 2.26. The molecule has 0 bridgehead atoms. The van der Waals surface area contributed by atoms with Gasteiger partial charge in [-0.2, -0.15) is 12.7 Å². The van der Waals surface area contributed by atoms with Crippen molar-refractivity contribution in [2.45, 2.75) is 26.1 Å². The Balaban J connectivity index is 1.61. The van der Waals surface area contributed by atoms with Gasteiger partial charge >= 0.3 is 16.3 Å². The molecule has 1 aliphatic rings. The van der Waals surface area contributed by atoms with Crippen LogP contribution in [0.25, 0.3) is 0 Å². The minimum Gasteiger partial charge on any atom is -0.482 e. The Morgan fingerprint density at radius 1 is 1.19 bits per heavy atom. The van der Waals surface area contributed by atoms with Gasteiger partial charge in [0.1, 0.15) is 5.75 Å². The Kier molecular flexibility index (Phi) is 7.90. The molecule has 2 aromatic rings. The molecular formula is C21H25ClN2O6S. The normalized spacial score (nSPS) is 18.1. The molecule has 1 unspecified atom stereocenters. The minimum absolute atomic E-state index is 0.00937. The van der Waals surface area contributed by atoms with Crippen molar-refractivity contribution in [3.63, 3.8) is 0 Å². The third-order valence-electron chi connectivity index (χ3n) is 5.01. The summed E-state index contributed by atoms with van der Waals surface area (Å²) in [5.74, 6) is -0.621. The number of carbonyl (C=O) groups is 1. The third-order valence-corrected chi connectivity index (χ3v) is 6.62. The van der Waals surface area contributed by atoms with Crippen LogP contribution in [0, 0.1) is 0 Å². The summed E-state index contributed by atoms with van der Waals surface area (Å²) in [6, 6.07) is 14.1. The fraction of sp³-hybridized carbons (Fsp3) is 0.381. The maximum atomic E-state index is 12.6. The van der Waals surface area contributed by atoms with E-state index in [9.17, 15) is 13.2 Å². The van der Waals surface area contributed by atoms with Crippen molar-refractivity contribution in [1.29, 1.82) is 0 Å². The summed E-state index contributed by atoms with van der Waals surface area (Å²) >= 11 is 6.11. The van der Waals surface area contributed by atoms with Crippen LogP contribution in [0.15, 0.2) is 48.5 Å². The van der Waals surface area contributed by atoms with Gasteiger partial charge in [-0.25, -0.2) is 4.79 Å². The van der Waals surface area contributed by atoms with Crippen molar-refractivity contribution < 1.29 is 27.2 Å². The van der Waals surface area contributed by atoms with Crippen molar-refractivity contribution in [2.75, 3.05) is 26.2 Å². The number of benzene rings is 2. The van der Waals surface area contributed by atoms with Crippen LogP contribution >= 0.6 is 11.6 Å². The highest BCUT2D eigenvalue weighted by Gasteiger charge is 2.32. The van der Waals surface area contributed by atoms with Crippen LogP contribution in [0.1, 0.15) is 18.1 Å². The van der Waals surface area contributed by atoms with E-state index >= 15 is 0 Å². The van der Waals surface area contributed by atoms with Gasteiger partial charge in [-0.05, 0) is 30.7 Å². The van der Waals surface area contributed by atoms with Gasteiger partial charge < -0.3 is 9.84 Å². The molecule has 2 aromatic carbocycles. The van der Waals surface area contributed by atoms with Crippen LogP contribution in [0.2, 0.25) is 5.02 Å². The van der Waals surface area contributed by atoms with E-state index in [4.69, 9.17) is 25.6 Å². The van der Waals surface area contributed by atoms with E-state index in [1.54, 1.807) is 18.2 Å². The smallest absolute Gasteiger partial charge is 0.341 e. The van der Waals surface area contributed by atoms with E-state index in [1.807, 2.05) is 37.3 Å². The minimum atomic E-state index is -3.85. The second kappa shape index (κ2) is 10.4. The van der Waals surface area contributed by atoms with Crippen molar-refractivity contribution in [2.24, 2.45) is 0 Å². The lowest BCUT2D eigenvalue weighted by atomic mass is 10.1. The average molecular weight is 469 g/mol. The van der Waals surface area contributed by atoms with Gasteiger partial charge in [0.05, 0.1) is 6.61 Å². The topological polar surface area (TPSA) is 96.4 Å². The first-order chi connectivity index (χ1) is 14.7. The molecular weight excluding hydrogens is 444 g/mol. The molecule has 0 spiro atoms. The summed E-state index contributed by atoms with van der Waals surface area (Å²) in [4.78, 5) is 12.9. The van der Waals surface area contributed by atoms with Crippen LogP contribution in [0.4, 0.5) is 0 Å². The predicted octanol–water partition coefficient (Wildman–Crippen LogP) is 2.77.